The predicted molar refractivity (Wildman–Crippen MR) is 110 cm³/mol. The zero-order chi connectivity index (χ0) is 20.2. The van der Waals surface area contributed by atoms with Gasteiger partial charge >= 0.3 is 5.97 Å². The van der Waals surface area contributed by atoms with E-state index in [-0.39, 0.29) is 24.5 Å². The molecular formula is C22H34N2O3. The summed E-state index contributed by atoms with van der Waals surface area (Å²) in [6.07, 6.45) is 15.5. The van der Waals surface area contributed by atoms with Crippen LogP contribution >= 0.6 is 0 Å². The molecule has 0 fully saturated rings. The van der Waals surface area contributed by atoms with Crippen LogP contribution in [0.15, 0.2) is 47.6 Å². The van der Waals surface area contributed by atoms with Crippen LogP contribution in [0.25, 0.3) is 0 Å². The number of nitrogens with zero attached hydrogens (tertiary/aromatic N) is 1. The van der Waals surface area contributed by atoms with Gasteiger partial charge in [-0.05, 0) is 50.8 Å². The van der Waals surface area contributed by atoms with E-state index in [1.807, 2.05) is 25.2 Å². The molecular weight excluding hydrogens is 340 g/mol. The molecule has 0 aromatic heterocycles. The van der Waals surface area contributed by atoms with Crippen LogP contribution in [0.2, 0.25) is 0 Å². The van der Waals surface area contributed by atoms with Crippen LogP contribution in [0.1, 0.15) is 46.5 Å². The number of allylic oxidation sites excluding steroid dienone is 5. The summed E-state index contributed by atoms with van der Waals surface area (Å²) < 4.78 is 5.80. The van der Waals surface area contributed by atoms with E-state index in [9.17, 15) is 9.59 Å². The van der Waals surface area contributed by atoms with Crippen molar-refractivity contribution in [3.05, 3.63) is 47.6 Å². The summed E-state index contributed by atoms with van der Waals surface area (Å²) in [4.78, 5) is 26.5. The molecule has 0 heterocycles. The molecule has 27 heavy (non-hydrogen) atoms. The molecule has 2 unspecified atom stereocenters. The highest BCUT2D eigenvalue weighted by Gasteiger charge is 2.30. The van der Waals surface area contributed by atoms with E-state index in [1.165, 1.54) is 0 Å². The van der Waals surface area contributed by atoms with Gasteiger partial charge in [0.1, 0.15) is 12.1 Å². The highest BCUT2D eigenvalue weighted by molar-refractivity contribution is 5.83. The normalized spacial score (nSPS) is 17.0. The molecule has 0 spiro atoms. The number of hydrogen-bond donors (Lipinski definition) is 1. The Morgan fingerprint density at radius 1 is 1.33 bits per heavy atom. The molecule has 0 saturated carbocycles. The zero-order valence-corrected chi connectivity index (χ0v) is 17.3. The number of hydrogen-bond acceptors (Lipinski definition) is 4. The zero-order valence-electron chi connectivity index (χ0n) is 17.3. The second kappa shape index (κ2) is 12.3. The lowest BCUT2D eigenvalue weighted by atomic mass is 9.99. The van der Waals surface area contributed by atoms with Crippen molar-refractivity contribution < 1.29 is 14.3 Å². The fourth-order valence-corrected chi connectivity index (χ4v) is 2.99. The van der Waals surface area contributed by atoms with Gasteiger partial charge in [-0.1, -0.05) is 50.3 Å². The van der Waals surface area contributed by atoms with Crippen LogP contribution in [0.4, 0.5) is 0 Å². The summed E-state index contributed by atoms with van der Waals surface area (Å²) in [5.74, 6) is -0.465. The first kappa shape index (κ1) is 22.9. The molecule has 0 aromatic carbocycles. The highest BCUT2D eigenvalue weighted by atomic mass is 16.5. The lowest BCUT2D eigenvalue weighted by Crippen LogP contribution is -2.46. The summed E-state index contributed by atoms with van der Waals surface area (Å²) in [6, 6.07) is -0.592. The SMILES string of the molecule is CC/C=C\C=C(/CC)C(C)OC(=O)C(C1=CCCC=C1)N(C)CC(=O)NC. The van der Waals surface area contributed by atoms with Crippen molar-refractivity contribution in [1.29, 1.82) is 0 Å². The lowest BCUT2D eigenvalue weighted by Gasteiger charge is -2.29. The molecule has 1 amide bonds. The Kier molecular flexibility index (Phi) is 10.4. The summed E-state index contributed by atoms with van der Waals surface area (Å²) >= 11 is 0. The molecule has 1 aliphatic carbocycles. The Morgan fingerprint density at radius 3 is 2.63 bits per heavy atom. The number of ether oxygens (including phenoxy) is 1. The fourth-order valence-electron chi connectivity index (χ4n) is 2.99. The van der Waals surface area contributed by atoms with Crippen LogP contribution in [-0.2, 0) is 14.3 Å². The maximum atomic E-state index is 13.0. The average Bonchev–Trinajstić information content (AvgIpc) is 2.66. The maximum absolute atomic E-state index is 13.0. The van der Waals surface area contributed by atoms with Crippen molar-refractivity contribution in [1.82, 2.24) is 10.2 Å². The number of likely N-dealkylation sites (N-methyl/N-ethyl adjacent to an activating group) is 2. The molecule has 1 rings (SSSR count). The summed E-state index contributed by atoms with van der Waals surface area (Å²) in [6.45, 7) is 6.16. The van der Waals surface area contributed by atoms with Gasteiger partial charge in [0.15, 0.2) is 0 Å². The third-order valence-electron chi connectivity index (χ3n) is 4.58. The molecule has 5 nitrogen and oxygen atoms in total. The van der Waals surface area contributed by atoms with Gasteiger partial charge in [0, 0.05) is 7.05 Å². The first-order valence-electron chi connectivity index (χ1n) is 9.78. The van der Waals surface area contributed by atoms with Gasteiger partial charge in [0.2, 0.25) is 5.91 Å². The summed E-state index contributed by atoms with van der Waals surface area (Å²) in [5, 5.41) is 2.60. The number of rotatable bonds is 10. The van der Waals surface area contributed by atoms with E-state index < -0.39 is 6.04 Å². The summed E-state index contributed by atoms with van der Waals surface area (Å²) in [5.41, 5.74) is 1.95. The Balaban J connectivity index is 2.96. The molecule has 0 aromatic rings. The van der Waals surface area contributed by atoms with Crippen LogP contribution in [0, 0.1) is 0 Å². The molecule has 2 atom stereocenters. The number of carbonyl (C=O) groups is 2. The van der Waals surface area contributed by atoms with E-state index in [2.05, 4.69) is 37.4 Å². The van der Waals surface area contributed by atoms with Gasteiger partial charge in [-0.3, -0.25) is 9.69 Å². The smallest absolute Gasteiger partial charge is 0.328 e. The predicted octanol–water partition coefficient (Wildman–Crippen LogP) is 3.54. The number of carbonyl (C=O) groups excluding carboxylic acids is 2. The largest absolute Gasteiger partial charge is 0.457 e. The minimum Gasteiger partial charge on any atom is -0.457 e. The minimum absolute atomic E-state index is 0.130. The lowest BCUT2D eigenvalue weighted by molar-refractivity contribution is -0.151. The van der Waals surface area contributed by atoms with E-state index in [0.29, 0.717) is 0 Å². The van der Waals surface area contributed by atoms with Crippen molar-refractivity contribution >= 4 is 11.9 Å². The van der Waals surface area contributed by atoms with Crippen molar-refractivity contribution in [3.63, 3.8) is 0 Å². The van der Waals surface area contributed by atoms with Gasteiger partial charge in [-0.25, -0.2) is 4.79 Å². The third-order valence-corrected chi connectivity index (χ3v) is 4.58. The molecule has 0 radical (unpaired) electrons. The standard InChI is InChI=1S/C22H34N2O3/c1-6-8-10-13-18(7-2)17(3)27-22(26)21(19-14-11-9-12-15-19)24(5)16-20(25)23-4/h8,10-11,13-15,17,21H,6-7,9,12,16H2,1-5H3,(H,23,25)/b10-8-,18-13+. The molecule has 1 N–H and O–H groups in total. The van der Waals surface area contributed by atoms with E-state index in [4.69, 9.17) is 4.74 Å². The van der Waals surface area contributed by atoms with Gasteiger partial charge in [-0.15, -0.1) is 0 Å². The highest BCUT2D eigenvalue weighted by Crippen LogP contribution is 2.21. The van der Waals surface area contributed by atoms with E-state index in [0.717, 1.165) is 36.8 Å². The molecule has 1 aliphatic rings. The van der Waals surface area contributed by atoms with Crippen molar-refractivity contribution in [2.45, 2.75) is 58.6 Å². The van der Waals surface area contributed by atoms with Crippen molar-refractivity contribution in [2.24, 2.45) is 0 Å². The number of amides is 1. The Hall–Kier alpha value is -2.14. The van der Waals surface area contributed by atoms with Gasteiger partial charge < -0.3 is 10.1 Å². The minimum atomic E-state index is -0.592. The molecule has 5 heteroatoms. The van der Waals surface area contributed by atoms with Crippen LogP contribution in [-0.4, -0.2) is 49.6 Å². The topological polar surface area (TPSA) is 58.6 Å². The number of nitrogens with one attached hydrogen (secondary N) is 1. The Morgan fingerprint density at radius 2 is 2.07 bits per heavy atom. The maximum Gasteiger partial charge on any atom is 0.328 e. The van der Waals surface area contributed by atoms with Crippen LogP contribution in [0.5, 0.6) is 0 Å². The molecule has 0 aliphatic heterocycles. The second-order valence-corrected chi connectivity index (χ2v) is 6.69. The number of esters is 1. The second-order valence-electron chi connectivity index (χ2n) is 6.69. The molecule has 0 saturated heterocycles. The fraction of sp³-hybridized carbons (Fsp3) is 0.545. The van der Waals surface area contributed by atoms with Gasteiger partial charge in [0.05, 0.1) is 6.54 Å². The van der Waals surface area contributed by atoms with Gasteiger partial charge in [0.25, 0.3) is 0 Å². The van der Waals surface area contributed by atoms with Crippen LogP contribution in [0.3, 0.4) is 0 Å². The van der Waals surface area contributed by atoms with Gasteiger partial charge in [-0.2, -0.15) is 0 Å². The Bertz CT molecular complexity index is 617. The van der Waals surface area contributed by atoms with Crippen molar-refractivity contribution in [3.8, 4) is 0 Å². The first-order chi connectivity index (χ1) is 12.9. The monoisotopic (exact) mass is 374 g/mol. The third kappa shape index (κ3) is 7.55. The molecule has 0 bridgehead atoms. The van der Waals surface area contributed by atoms with Crippen molar-refractivity contribution in [2.75, 3.05) is 20.6 Å². The Labute approximate surface area is 163 Å². The average molecular weight is 375 g/mol. The van der Waals surface area contributed by atoms with E-state index in [1.54, 1.807) is 19.0 Å². The quantitative estimate of drug-likeness (QED) is 0.469. The van der Waals surface area contributed by atoms with Crippen LogP contribution < -0.4 is 5.32 Å². The first-order valence-corrected chi connectivity index (χ1v) is 9.78. The summed E-state index contributed by atoms with van der Waals surface area (Å²) in [7, 11) is 3.36. The molecule has 150 valence electrons. The van der Waals surface area contributed by atoms with E-state index >= 15 is 0 Å².